The minimum absolute atomic E-state index is 0.0773. The van der Waals surface area contributed by atoms with E-state index in [0.717, 1.165) is 11.1 Å². The molecule has 4 rings (SSSR count). The molecule has 0 aliphatic rings. The predicted octanol–water partition coefficient (Wildman–Crippen LogP) is 5.47. The number of carboxylic acid groups (broad SMARTS) is 1. The van der Waals surface area contributed by atoms with Crippen molar-refractivity contribution >= 4 is 28.9 Å². The van der Waals surface area contributed by atoms with Crippen LogP contribution in [0.3, 0.4) is 0 Å². The van der Waals surface area contributed by atoms with Crippen LogP contribution in [0.1, 0.15) is 43.0 Å². The third kappa shape index (κ3) is 7.51. The van der Waals surface area contributed by atoms with Gasteiger partial charge in [0.15, 0.2) is 0 Å². The topological polar surface area (TPSA) is 125 Å². The molecule has 0 aliphatic heterocycles. The van der Waals surface area contributed by atoms with Gasteiger partial charge in [0, 0.05) is 32.1 Å². The van der Waals surface area contributed by atoms with Crippen molar-refractivity contribution in [3.8, 4) is 5.75 Å². The molecule has 2 N–H and O–H groups in total. The average molecular weight is 587 g/mol. The number of ether oxygens (including phenoxy) is 1. The summed E-state index contributed by atoms with van der Waals surface area (Å²) in [4.78, 5) is 46.3. The van der Waals surface area contributed by atoms with Crippen LogP contribution in [0.15, 0.2) is 75.9 Å². The lowest BCUT2D eigenvalue weighted by Gasteiger charge is -2.33. The molecule has 0 bridgehead atoms. The number of methoxy groups -OCH3 is 1. The zero-order valence-electron chi connectivity index (χ0n) is 25.4. The second-order valence-electron chi connectivity index (χ2n) is 11.5. The molecule has 0 unspecified atom stereocenters. The monoisotopic (exact) mass is 586 g/mol. The Morgan fingerprint density at radius 3 is 2.28 bits per heavy atom. The average Bonchev–Trinajstić information content (AvgIpc) is 2.96. The van der Waals surface area contributed by atoms with Crippen molar-refractivity contribution in [2.75, 3.05) is 19.5 Å². The Hall–Kier alpha value is -4.86. The van der Waals surface area contributed by atoms with Crippen LogP contribution in [0.2, 0.25) is 0 Å². The second-order valence-corrected chi connectivity index (χ2v) is 11.5. The molecule has 1 aromatic heterocycles. The van der Waals surface area contributed by atoms with E-state index in [1.807, 2.05) is 75.4 Å². The number of aromatic nitrogens is 1. The number of rotatable bonds is 10. The molecular formula is C33H38N4O6. The normalized spacial score (nSPS) is 12.0. The zero-order valence-corrected chi connectivity index (χ0v) is 25.4. The van der Waals surface area contributed by atoms with E-state index in [-0.39, 0.29) is 23.9 Å². The van der Waals surface area contributed by atoms with Crippen molar-refractivity contribution in [3.05, 3.63) is 99.4 Å². The Morgan fingerprint density at radius 1 is 1.00 bits per heavy atom. The molecule has 226 valence electrons. The van der Waals surface area contributed by atoms with Gasteiger partial charge < -0.3 is 24.5 Å². The molecule has 1 atom stereocenters. The summed E-state index contributed by atoms with van der Waals surface area (Å²) in [6.45, 7) is 7.69. The standard InChI is InChI=1S/C33H38N4O6/c1-21-24(20-37(32(40)41)33(2,3)4)14-17-26-28(21)30(39)43-31(34-26)35-27(18-22-12-15-25(42-6)16-13-22)29(38)36(5)19-23-10-8-7-9-11-23/h7-17,27H,18-20H2,1-6H3,(H,34,35)(H,40,41)/t27-/m0/s1. The van der Waals surface area contributed by atoms with Crippen LogP contribution >= 0.6 is 0 Å². The Morgan fingerprint density at radius 2 is 1.67 bits per heavy atom. The first-order valence-electron chi connectivity index (χ1n) is 14.0. The number of likely N-dealkylation sites (N-methyl/N-ethyl adjacent to an activating group) is 1. The fourth-order valence-electron chi connectivity index (χ4n) is 4.91. The van der Waals surface area contributed by atoms with E-state index in [9.17, 15) is 19.5 Å². The van der Waals surface area contributed by atoms with Gasteiger partial charge >= 0.3 is 11.7 Å². The van der Waals surface area contributed by atoms with Crippen LogP contribution in [0.4, 0.5) is 10.8 Å². The summed E-state index contributed by atoms with van der Waals surface area (Å²) in [5.41, 5.74) is 2.25. The number of carbonyl (C=O) groups excluding carboxylic acids is 1. The number of fused-ring (bicyclic) bond motifs is 1. The maximum absolute atomic E-state index is 13.7. The van der Waals surface area contributed by atoms with E-state index in [2.05, 4.69) is 10.3 Å². The quantitative estimate of drug-likeness (QED) is 0.251. The minimum Gasteiger partial charge on any atom is -0.497 e. The number of hydrogen-bond donors (Lipinski definition) is 2. The number of carbonyl (C=O) groups is 2. The van der Waals surface area contributed by atoms with E-state index in [1.165, 1.54) is 4.90 Å². The van der Waals surface area contributed by atoms with Crippen LogP contribution in [0, 0.1) is 6.92 Å². The van der Waals surface area contributed by atoms with Gasteiger partial charge in [-0.1, -0.05) is 48.5 Å². The van der Waals surface area contributed by atoms with E-state index < -0.39 is 23.3 Å². The highest BCUT2D eigenvalue weighted by molar-refractivity contribution is 5.86. The number of benzene rings is 3. The van der Waals surface area contributed by atoms with Crippen LogP contribution in [-0.4, -0.2) is 57.6 Å². The molecule has 0 radical (unpaired) electrons. The van der Waals surface area contributed by atoms with Crippen LogP contribution in [-0.2, 0) is 24.3 Å². The van der Waals surface area contributed by atoms with Crippen molar-refractivity contribution in [2.24, 2.45) is 0 Å². The number of anilines is 1. The first-order chi connectivity index (χ1) is 20.4. The molecule has 0 spiro atoms. The largest absolute Gasteiger partial charge is 0.497 e. The number of nitrogens with zero attached hydrogens (tertiary/aromatic N) is 3. The van der Waals surface area contributed by atoms with Crippen molar-refractivity contribution in [2.45, 2.75) is 58.8 Å². The van der Waals surface area contributed by atoms with Gasteiger partial charge in [0.05, 0.1) is 18.0 Å². The van der Waals surface area contributed by atoms with Crippen LogP contribution in [0.25, 0.3) is 10.9 Å². The second kappa shape index (κ2) is 13.0. The Kier molecular flexibility index (Phi) is 9.38. The summed E-state index contributed by atoms with van der Waals surface area (Å²) >= 11 is 0. The van der Waals surface area contributed by atoms with Gasteiger partial charge in [0.2, 0.25) is 5.91 Å². The van der Waals surface area contributed by atoms with Crippen molar-refractivity contribution in [1.29, 1.82) is 0 Å². The maximum atomic E-state index is 13.7. The molecule has 43 heavy (non-hydrogen) atoms. The van der Waals surface area contributed by atoms with Gasteiger partial charge in [0.1, 0.15) is 11.8 Å². The lowest BCUT2D eigenvalue weighted by molar-refractivity contribution is -0.131. The van der Waals surface area contributed by atoms with Gasteiger partial charge in [-0.05, 0) is 68.1 Å². The van der Waals surface area contributed by atoms with Gasteiger partial charge in [-0.2, -0.15) is 4.98 Å². The first-order valence-corrected chi connectivity index (χ1v) is 14.0. The molecule has 4 aromatic rings. The lowest BCUT2D eigenvalue weighted by Crippen LogP contribution is -2.44. The molecule has 0 saturated carbocycles. The molecular weight excluding hydrogens is 548 g/mol. The number of amides is 2. The fourth-order valence-corrected chi connectivity index (χ4v) is 4.91. The summed E-state index contributed by atoms with van der Waals surface area (Å²) in [7, 11) is 3.32. The van der Waals surface area contributed by atoms with Crippen LogP contribution in [0.5, 0.6) is 5.75 Å². The SMILES string of the molecule is COc1ccc(C[C@H](Nc2nc3ccc(CN(C(=O)O)C(C)(C)C)c(C)c3c(=O)o2)C(=O)N(C)Cc2ccccc2)cc1. The summed E-state index contributed by atoms with van der Waals surface area (Å²) < 4.78 is 10.9. The maximum Gasteiger partial charge on any atom is 0.408 e. The number of aryl methyl sites for hydroxylation is 1. The zero-order chi connectivity index (χ0) is 31.3. The van der Waals surface area contributed by atoms with E-state index in [1.54, 1.807) is 38.1 Å². The lowest BCUT2D eigenvalue weighted by atomic mass is 10.0. The highest BCUT2D eigenvalue weighted by atomic mass is 16.5. The number of nitrogens with one attached hydrogen (secondary N) is 1. The molecule has 3 aromatic carbocycles. The van der Waals surface area contributed by atoms with Crippen molar-refractivity contribution < 1.29 is 23.8 Å². The molecule has 10 heteroatoms. The Balaban J connectivity index is 1.65. The van der Waals surface area contributed by atoms with Gasteiger partial charge in [-0.3, -0.25) is 9.69 Å². The van der Waals surface area contributed by atoms with E-state index >= 15 is 0 Å². The van der Waals surface area contributed by atoms with E-state index in [0.29, 0.717) is 35.4 Å². The van der Waals surface area contributed by atoms with Crippen molar-refractivity contribution in [1.82, 2.24) is 14.8 Å². The highest BCUT2D eigenvalue weighted by Crippen LogP contribution is 2.24. The Bertz CT molecular complexity index is 1640. The number of hydrogen-bond acceptors (Lipinski definition) is 7. The predicted molar refractivity (Wildman–Crippen MR) is 165 cm³/mol. The summed E-state index contributed by atoms with van der Waals surface area (Å²) in [6, 6.07) is 19.6. The third-order valence-corrected chi connectivity index (χ3v) is 7.37. The van der Waals surface area contributed by atoms with Gasteiger partial charge in [0.25, 0.3) is 6.01 Å². The summed E-state index contributed by atoms with van der Waals surface area (Å²) in [6.07, 6.45) is -0.747. The molecule has 1 heterocycles. The smallest absolute Gasteiger partial charge is 0.408 e. The van der Waals surface area contributed by atoms with Gasteiger partial charge in [-0.25, -0.2) is 9.59 Å². The third-order valence-electron chi connectivity index (χ3n) is 7.37. The molecule has 0 fully saturated rings. The minimum atomic E-state index is -1.05. The molecule has 0 aliphatic carbocycles. The molecule has 10 nitrogen and oxygen atoms in total. The first kappa shape index (κ1) is 31.1. The molecule has 2 amide bonds. The van der Waals surface area contributed by atoms with Crippen molar-refractivity contribution in [3.63, 3.8) is 0 Å². The summed E-state index contributed by atoms with van der Waals surface area (Å²) in [5.74, 6) is 0.498. The van der Waals surface area contributed by atoms with Gasteiger partial charge in [-0.15, -0.1) is 0 Å². The van der Waals surface area contributed by atoms with E-state index in [4.69, 9.17) is 9.15 Å². The highest BCUT2D eigenvalue weighted by Gasteiger charge is 2.28. The summed E-state index contributed by atoms with van der Waals surface area (Å²) in [5, 5.41) is 13.1. The molecule has 0 saturated heterocycles. The Labute approximate surface area is 250 Å². The fraction of sp³-hybridized carbons (Fsp3) is 0.333. The van der Waals surface area contributed by atoms with Crippen LogP contribution < -0.4 is 15.7 Å².